The standard InChI is InChI=1S/C14H3Cl5O3/c15-3-1-2-4(20)6-5(3)13(21)7-8(14(6)22)10(17)12(19)11(18)9(7)16/h1-2,20H. The maximum atomic E-state index is 12.7. The Morgan fingerprint density at radius 3 is 1.59 bits per heavy atom. The smallest absolute Gasteiger partial charge is 0.199 e. The number of carbonyl (C=O) groups is 2. The van der Waals surface area contributed by atoms with E-state index in [1.54, 1.807) is 0 Å². The van der Waals surface area contributed by atoms with Crippen molar-refractivity contribution in [2.24, 2.45) is 0 Å². The van der Waals surface area contributed by atoms with Gasteiger partial charge in [0.25, 0.3) is 0 Å². The molecule has 0 heterocycles. The molecule has 22 heavy (non-hydrogen) atoms. The maximum Gasteiger partial charge on any atom is 0.199 e. The number of hydrogen-bond acceptors (Lipinski definition) is 3. The van der Waals surface area contributed by atoms with Crippen LogP contribution in [0, 0.1) is 0 Å². The molecule has 0 saturated heterocycles. The van der Waals surface area contributed by atoms with Crippen molar-refractivity contribution in [1.82, 2.24) is 0 Å². The van der Waals surface area contributed by atoms with E-state index < -0.39 is 11.6 Å². The zero-order valence-corrected chi connectivity index (χ0v) is 14.1. The molecule has 1 aliphatic rings. The van der Waals surface area contributed by atoms with Crippen molar-refractivity contribution in [3.05, 3.63) is 59.5 Å². The van der Waals surface area contributed by atoms with Crippen molar-refractivity contribution in [2.75, 3.05) is 0 Å². The highest BCUT2D eigenvalue weighted by Crippen LogP contribution is 2.47. The largest absolute Gasteiger partial charge is 0.507 e. The first-order valence-corrected chi connectivity index (χ1v) is 7.63. The molecule has 0 bridgehead atoms. The third-order valence-corrected chi connectivity index (χ3v) is 5.42. The number of phenols is 1. The average molecular weight is 396 g/mol. The van der Waals surface area contributed by atoms with Gasteiger partial charge in [0.1, 0.15) is 5.75 Å². The van der Waals surface area contributed by atoms with Crippen LogP contribution in [0.1, 0.15) is 31.8 Å². The summed E-state index contributed by atoms with van der Waals surface area (Å²) in [5.41, 5.74) is -0.751. The van der Waals surface area contributed by atoms with Crippen LogP contribution < -0.4 is 0 Å². The Kier molecular flexibility index (Phi) is 3.83. The van der Waals surface area contributed by atoms with Gasteiger partial charge in [-0.15, -0.1) is 0 Å². The van der Waals surface area contributed by atoms with Gasteiger partial charge in [0.15, 0.2) is 11.6 Å². The molecular formula is C14H3Cl5O3. The van der Waals surface area contributed by atoms with E-state index in [0.29, 0.717) is 0 Å². The third-order valence-electron chi connectivity index (χ3n) is 3.31. The fourth-order valence-electron chi connectivity index (χ4n) is 2.33. The summed E-state index contributed by atoms with van der Waals surface area (Å²) < 4.78 is 0. The van der Waals surface area contributed by atoms with Crippen LogP contribution in [0.15, 0.2) is 12.1 Å². The Balaban J connectivity index is 2.50. The number of phenolic OH excluding ortho intramolecular Hbond substituents is 1. The van der Waals surface area contributed by atoms with E-state index in [-0.39, 0.29) is 53.1 Å². The fraction of sp³-hybridized carbons (Fsp3) is 0. The van der Waals surface area contributed by atoms with E-state index in [2.05, 4.69) is 0 Å². The summed E-state index contributed by atoms with van der Waals surface area (Å²) in [6, 6.07) is 2.52. The topological polar surface area (TPSA) is 54.4 Å². The molecule has 1 N–H and O–H groups in total. The highest BCUT2D eigenvalue weighted by Gasteiger charge is 2.39. The lowest BCUT2D eigenvalue weighted by molar-refractivity contribution is 0.0977. The molecule has 2 aromatic rings. The molecule has 0 fully saturated rings. The Morgan fingerprint density at radius 1 is 0.636 bits per heavy atom. The molecular weight excluding hydrogens is 393 g/mol. The Labute approximate surface area is 149 Å². The third kappa shape index (κ3) is 1.97. The minimum absolute atomic E-state index is 0.00932. The average Bonchev–Trinajstić information content (AvgIpc) is 2.48. The summed E-state index contributed by atoms with van der Waals surface area (Å²) in [7, 11) is 0. The van der Waals surface area contributed by atoms with Gasteiger partial charge in [0, 0.05) is 0 Å². The molecule has 0 aromatic heterocycles. The van der Waals surface area contributed by atoms with Crippen molar-refractivity contribution in [3.8, 4) is 5.75 Å². The van der Waals surface area contributed by atoms with Gasteiger partial charge in [-0.1, -0.05) is 58.0 Å². The maximum absolute atomic E-state index is 12.7. The van der Waals surface area contributed by atoms with E-state index in [0.717, 1.165) is 0 Å². The van der Waals surface area contributed by atoms with Crippen LogP contribution in [-0.4, -0.2) is 16.7 Å². The highest BCUT2D eigenvalue weighted by atomic mass is 35.5. The summed E-state index contributed by atoms with van der Waals surface area (Å²) in [6.45, 7) is 0. The number of aromatic hydroxyl groups is 1. The van der Waals surface area contributed by atoms with Crippen molar-refractivity contribution in [2.45, 2.75) is 0 Å². The van der Waals surface area contributed by atoms with Gasteiger partial charge in [0.2, 0.25) is 0 Å². The van der Waals surface area contributed by atoms with Crippen molar-refractivity contribution in [3.63, 3.8) is 0 Å². The minimum atomic E-state index is -0.699. The van der Waals surface area contributed by atoms with Crippen LogP contribution in [0.5, 0.6) is 5.75 Å². The van der Waals surface area contributed by atoms with Crippen LogP contribution in [0.4, 0.5) is 0 Å². The predicted octanol–water partition coefficient (Wildman–Crippen LogP) is 5.43. The molecule has 0 aliphatic heterocycles. The second kappa shape index (κ2) is 5.29. The monoisotopic (exact) mass is 394 g/mol. The molecule has 2 aromatic carbocycles. The second-order valence-electron chi connectivity index (χ2n) is 4.48. The molecule has 8 heteroatoms. The molecule has 1 aliphatic carbocycles. The number of carbonyl (C=O) groups excluding carboxylic acids is 2. The molecule has 0 saturated carbocycles. The number of fused-ring (bicyclic) bond motifs is 2. The van der Waals surface area contributed by atoms with Gasteiger partial charge in [-0.3, -0.25) is 9.59 Å². The highest BCUT2D eigenvalue weighted by molar-refractivity contribution is 6.56. The van der Waals surface area contributed by atoms with Crippen LogP contribution in [0.2, 0.25) is 25.1 Å². The summed E-state index contributed by atoms with van der Waals surface area (Å²) >= 11 is 30.0. The van der Waals surface area contributed by atoms with Crippen molar-refractivity contribution < 1.29 is 14.7 Å². The molecule has 0 radical (unpaired) electrons. The lowest BCUT2D eigenvalue weighted by atomic mass is 9.83. The van der Waals surface area contributed by atoms with Crippen LogP contribution in [0.25, 0.3) is 0 Å². The normalized spacial score (nSPS) is 13.1. The number of benzene rings is 2. The van der Waals surface area contributed by atoms with Crippen molar-refractivity contribution >= 4 is 69.6 Å². The number of hydrogen-bond donors (Lipinski definition) is 1. The van der Waals surface area contributed by atoms with Crippen molar-refractivity contribution in [1.29, 1.82) is 0 Å². The molecule has 3 nitrogen and oxygen atoms in total. The first kappa shape index (κ1) is 15.9. The first-order valence-electron chi connectivity index (χ1n) is 5.74. The Bertz CT molecular complexity index is 817. The lowest BCUT2D eigenvalue weighted by Gasteiger charge is -2.22. The SMILES string of the molecule is O=C1c2c(O)ccc(Cl)c2C(=O)c2c(Cl)c(Cl)c(Cl)c(Cl)c21. The zero-order valence-electron chi connectivity index (χ0n) is 10.3. The quantitative estimate of drug-likeness (QED) is 0.407. The molecule has 0 amide bonds. The van der Waals surface area contributed by atoms with Gasteiger partial charge < -0.3 is 5.11 Å². The van der Waals surface area contributed by atoms with Gasteiger partial charge in [0.05, 0.1) is 47.4 Å². The summed E-state index contributed by atoms with van der Waals surface area (Å²) in [4.78, 5) is 25.3. The first-order chi connectivity index (χ1) is 10.3. The van der Waals surface area contributed by atoms with Gasteiger partial charge in [-0.2, -0.15) is 0 Å². The van der Waals surface area contributed by atoms with E-state index in [9.17, 15) is 14.7 Å². The minimum Gasteiger partial charge on any atom is -0.507 e. The summed E-state index contributed by atoms with van der Waals surface area (Å²) in [5, 5.41) is 9.26. The molecule has 0 atom stereocenters. The number of rotatable bonds is 0. The fourth-order valence-corrected chi connectivity index (χ4v) is 3.59. The molecule has 3 rings (SSSR count). The van der Waals surface area contributed by atoms with E-state index >= 15 is 0 Å². The predicted molar refractivity (Wildman–Crippen MR) is 86.5 cm³/mol. The second-order valence-corrected chi connectivity index (χ2v) is 6.40. The Morgan fingerprint density at radius 2 is 1.09 bits per heavy atom. The van der Waals surface area contributed by atoms with Gasteiger partial charge in [-0.05, 0) is 12.1 Å². The van der Waals surface area contributed by atoms with Gasteiger partial charge >= 0.3 is 0 Å². The van der Waals surface area contributed by atoms with Crippen LogP contribution in [-0.2, 0) is 0 Å². The van der Waals surface area contributed by atoms with E-state index in [1.165, 1.54) is 12.1 Å². The lowest BCUT2D eigenvalue weighted by Crippen LogP contribution is -2.23. The molecule has 112 valence electrons. The summed E-state index contributed by atoms with van der Waals surface area (Å²) in [5.74, 6) is -1.74. The number of halogens is 5. The van der Waals surface area contributed by atoms with Crippen LogP contribution in [0.3, 0.4) is 0 Å². The summed E-state index contributed by atoms with van der Waals surface area (Å²) in [6.07, 6.45) is 0. The zero-order chi connectivity index (χ0) is 16.3. The van der Waals surface area contributed by atoms with E-state index in [1.807, 2.05) is 0 Å². The Hall–Kier alpha value is -0.970. The number of ketones is 2. The van der Waals surface area contributed by atoms with E-state index in [4.69, 9.17) is 58.0 Å². The van der Waals surface area contributed by atoms with Gasteiger partial charge in [-0.25, -0.2) is 0 Å². The van der Waals surface area contributed by atoms with Crippen LogP contribution >= 0.6 is 58.0 Å². The molecule has 0 spiro atoms. The molecule has 0 unspecified atom stereocenters.